The van der Waals surface area contributed by atoms with Crippen molar-refractivity contribution >= 4 is 18.5 Å². The van der Waals surface area contributed by atoms with E-state index in [0.717, 1.165) is 30.5 Å². The van der Waals surface area contributed by atoms with Crippen molar-refractivity contribution in [3.63, 3.8) is 0 Å². The first-order valence-corrected chi connectivity index (χ1v) is 8.32. The van der Waals surface area contributed by atoms with E-state index in [4.69, 9.17) is 4.74 Å². The molecule has 6 heteroatoms. The maximum atomic E-state index is 12.2. The predicted octanol–water partition coefficient (Wildman–Crippen LogP) is 3.10. The van der Waals surface area contributed by atoms with E-state index in [1.807, 2.05) is 36.5 Å². The van der Waals surface area contributed by atoms with Gasteiger partial charge in [-0.3, -0.25) is 0 Å². The zero-order valence-electron chi connectivity index (χ0n) is 13.5. The first kappa shape index (κ1) is 17.0. The Kier molecular flexibility index (Phi) is 5.21. The standard InChI is InChI=1S/C18H21N3O2.ClH/c22-18(23-12-13-4-2-1-3-5-13)21-11-14-10-16(19-15-6-7-15)8-9-17(14)20-21;/h1-5,11,15-16,19H,6-10,12H2;1H. The van der Waals surface area contributed by atoms with Crippen molar-refractivity contribution in [2.75, 3.05) is 0 Å². The van der Waals surface area contributed by atoms with Crippen LogP contribution in [-0.2, 0) is 24.2 Å². The van der Waals surface area contributed by atoms with E-state index in [-0.39, 0.29) is 19.0 Å². The van der Waals surface area contributed by atoms with Crippen LogP contribution in [0, 0.1) is 0 Å². The minimum absolute atomic E-state index is 0. The van der Waals surface area contributed by atoms with Crippen LogP contribution in [0.15, 0.2) is 36.5 Å². The molecule has 1 unspecified atom stereocenters. The van der Waals surface area contributed by atoms with Gasteiger partial charge in [-0.1, -0.05) is 30.3 Å². The van der Waals surface area contributed by atoms with Crippen molar-refractivity contribution in [3.05, 3.63) is 53.3 Å². The molecule has 0 amide bonds. The van der Waals surface area contributed by atoms with Crippen LogP contribution in [0.5, 0.6) is 0 Å². The largest absolute Gasteiger partial charge is 0.443 e. The number of hydrogen-bond donors (Lipinski definition) is 1. The average molecular weight is 348 g/mol. The lowest BCUT2D eigenvalue weighted by atomic mass is 9.93. The Morgan fingerprint density at radius 2 is 2.00 bits per heavy atom. The fraction of sp³-hybridized carbons (Fsp3) is 0.444. The number of hydrogen-bond acceptors (Lipinski definition) is 4. The minimum Gasteiger partial charge on any atom is -0.443 e. The van der Waals surface area contributed by atoms with Gasteiger partial charge in [0.15, 0.2) is 0 Å². The summed E-state index contributed by atoms with van der Waals surface area (Å²) in [5.74, 6) is 0. The topological polar surface area (TPSA) is 56.2 Å². The molecule has 128 valence electrons. The lowest BCUT2D eigenvalue weighted by Crippen LogP contribution is -2.35. The highest BCUT2D eigenvalue weighted by Crippen LogP contribution is 2.25. The number of rotatable bonds is 4. The summed E-state index contributed by atoms with van der Waals surface area (Å²) in [5.41, 5.74) is 3.19. The molecule has 24 heavy (non-hydrogen) atoms. The molecule has 1 saturated carbocycles. The molecule has 5 nitrogen and oxygen atoms in total. The Balaban J connectivity index is 0.00000169. The summed E-state index contributed by atoms with van der Waals surface area (Å²) in [4.78, 5) is 12.2. The van der Waals surface area contributed by atoms with Gasteiger partial charge in [-0.15, -0.1) is 12.4 Å². The molecule has 1 aromatic heterocycles. The van der Waals surface area contributed by atoms with Crippen LogP contribution >= 0.6 is 12.4 Å². The Morgan fingerprint density at radius 1 is 1.21 bits per heavy atom. The van der Waals surface area contributed by atoms with E-state index in [2.05, 4.69) is 10.4 Å². The molecular weight excluding hydrogens is 326 g/mol. The van der Waals surface area contributed by atoms with Crippen molar-refractivity contribution in [1.82, 2.24) is 15.1 Å². The Morgan fingerprint density at radius 3 is 2.75 bits per heavy atom. The minimum atomic E-state index is -0.407. The molecule has 2 aromatic rings. The van der Waals surface area contributed by atoms with Crippen molar-refractivity contribution in [3.8, 4) is 0 Å². The van der Waals surface area contributed by atoms with E-state index in [1.54, 1.807) is 0 Å². The smallest absolute Gasteiger partial charge is 0.435 e. The van der Waals surface area contributed by atoms with Gasteiger partial charge in [0.1, 0.15) is 6.61 Å². The summed E-state index contributed by atoms with van der Waals surface area (Å²) >= 11 is 0. The molecule has 0 saturated heterocycles. The number of halogens is 1. The SMILES string of the molecule is Cl.O=C(OCc1ccccc1)n1cc2c(n1)CCC(NC1CC1)C2. The lowest BCUT2D eigenvalue weighted by molar-refractivity contribution is 0.137. The van der Waals surface area contributed by atoms with Crippen molar-refractivity contribution in [1.29, 1.82) is 0 Å². The first-order valence-electron chi connectivity index (χ1n) is 8.32. The second-order valence-corrected chi connectivity index (χ2v) is 6.47. The molecule has 2 aliphatic carbocycles. The maximum absolute atomic E-state index is 12.2. The molecule has 1 aromatic carbocycles. The van der Waals surface area contributed by atoms with Crippen LogP contribution in [-0.4, -0.2) is 28.0 Å². The fourth-order valence-corrected chi connectivity index (χ4v) is 3.11. The Hall–Kier alpha value is -1.85. The molecule has 0 spiro atoms. The zero-order chi connectivity index (χ0) is 15.6. The molecule has 0 radical (unpaired) electrons. The molecule has 2 aliphatic rings. The Bertz CT molecular complexity index is 698. The highest BCUT2D eigenvalue weighted by Gasteiger charge is 2.28. The van der Waals surface area contributed by atoms with Crippen LogP contribution in [0.4, 0.5) is 4.79 Å². The summed E-state index contributed by atoms with van der Waals surface area (Å²) in [6.45, 7) is 0.274. The van der Waals surface area contributed by atoms with Gasteiger partial charge in [-0.05, 0) is 43.2 Å². The number of aromatic nitrogens is 2. The van der Waals surface area contributed by atoms with Crippen LogP contribution in [0.1, 0.15) is 36.1 Å². The van der Waals surface area contributed by atoms with Gasteiger partial charge in [0.25, 0.3) is 0 Å². The number of ether oxygens (including phenoxy) is 1. The quantitative estimate of drug-likeness (QED) is 0.923. The highest BCUT2D eigenvalue weighted by molar-refractivity contribution is 5.85. The van der Waals surface area contributed by atoms with E-state index >= 15 is 0 Å². The van der Waals surface area contributed by atoms with Crippen molar-refractivity contribution < 1.29 is 9.53 Å². The molecule has 1 fully saturated rings. The van der Waals surface area contributed by atoms with Crippen molar-refractivity contribution in [2.45, 2.75) is 50.8 Å². The number of carbonyl (C=O) groups excluding carboxylic acids is 1. The van der Waals surface area contributed by atoms with Crippen LogP contribution in [0.3, 0.4) is 0 Å². The third-order valence-electron chi connectivity index (χ3n) is 4.51. The second-order valence-electron chi connectivity index (χ2n) is 6.47. The normalized spacial score (nSPS) is 19.2. The number of benzene rings is 1. The summed E-state index contributed by atoms with van der Waals surface area (Å²) < 4.78 is 6.69. The van der Waals surface area contributed by atoms with Crippen molar-refractivity contribution in [2.24, 2.45) is 0 Å². The van der Waals surface area contributed by atoms with Crippen LogP contribution in [0.2, 0.25) is 0 Å². The molecule has 1 atom stereocenters. The monoisotopic (exact) mass is 347 g/mol. The second kappa shape index (κ2) is 7.36. The van der Waals surface area contributed by atoms with Gasteiger partial charge in [0.2, 0.25) is 0 Å². The third-order valence-corrected chi connectivity index (χ3v) is 4.51. The molecule has 4 rings (SSSR count). The fourth-order valence-electron chi connectivity index (χ4n) is 3.11. The van der Waals surface area contributed by atoms with Gasteiger partial charge in [0, 0.05) is 18.3 Å². The third kappa shape index (κ3) is 3.97. The lowest BCUT2D eigenvalue weighted by Gasteiger charge is -2.22. The van der Waals surface area contributed by atoms with Gasteiger partial charge in [-0.25, -0.2) is 4.79 Å². The number of carbonyl (C=O) groups is 1. The molecule has 1 N–H and O–H groups in total. The summed E-state index contributed by atoms with van der Waals surface area (Å²) in [6.07, 6.45) is 7.01. The summed E-state index contributed by atoms with van der Waals surface area (Å²) in [5, 5.41) is 8.07. The first-order chi connectivity index (χ1) is 11.3. The van der Waals surface area contributed by atoms with E-state index in [9.17, 15) is 4.79 Å². The maximum Gasteiger partial charge on any atom is 0.435 e. The van der Waals surface area contributed by atoms with Gasteiger partial charge >= 0.3 is 6.09 Å². The zero-order valence-corrected chi connectivity index (χ0v) is 14.3. The molecule has 0 aliphatic heterocycles. The molecular formula is C18H22ClN3O2. The van der Waals surface area contributed by atoms with Crippen LogP contribution < -0.4 is 5.32 Å². The predicted molar refractivity (Wildman–Crippen MR) is 93.5 cm³/mol. The van der Waals surface area contributed by atoms with E-state index in [0.29, 0.717) is 12.1 Å². The van der Waals surface area contributed by atoms with Gasteiger partial charge in [0.05, 0.1) is 5.69 Å². The Labute approximate surface area is 147 Å². The van der Waals surface area contributed by atoms with E-state index in [1.165, 1.54) is 23.1 Å². The van der Waals surface area contributed by atoms with Crippen LogP contribution in [0.25, 0.3) is 0 Å². The number of aryl methyl sites for hydroxylation is 1. The van der Waals surface area contributed by atoms with E-state index < -0.39 is 6.09 Å². The highest BCUT2D eigenvalue weighted by atomic mass is 35.5. The average Bonchev–Trinajstić information content (AvgIpc) is 3.29. The molecule has 1 heterocycles. The number of fused-ring (bicyclic) bond motifs is 1. The summed E-state index contributed by atoms with van der Waals surface area (Å²) in [6, 6.07) is 10.9. The number of nitrogens with zero attached hydrogens (tertiary/aromatic N) is 2. The molecule has 0 bridgehead atoms. The van der Waals surface area contributed by atoms with Gasteiger partial charge < -0.3 is 10.1 Å². The van der Waals surface area contributed by atoms with Gasteiger partial charge in [-0.2, -0.15) is 9.78 Å². The number of nitrogens with one attached hydrogen (secondary N) is 1. The summed E-state index contributed by atoms with van der Waals surface area (Å²) in [7, 11) is 0.